The highest BCUT2D eigenvalue weighted by Gasteiger charge is 2.24. The molecule has 1 unspecified atom stereocenters. The van der Waals surface area contributed by atoms with Crippen molar-refractivity contribution in [2.45, 2.75) is 57.9 Å². The first-order valence-corrected chi connectivity index (χ1v) is 5.45. The first kappa shape index (κ1) is 13.4. The van der Waals surface area contributed by atoms with Crippen LogP contribution in [0.1, 0.15) is 52.4 Å². The highest BCUT2D eigenvalue weighted by atomic mass is 16.4. The van der Waals surface area contributed by atoms with Gasteiger partial charge in [-0.2, -0.15) is 0 Å². The average Bonchev–Trinajstić information content (AvgIpc) is 2.11. The van der Waals surface area contributed by atoms with Crippen LogP contribution >= 0.6 is 0 Å². The standard InChI is InChI=1S/C11H23NO2/c1-4-5-6-7-8-11(2,12-3)9-10(13)14/h12H,4-9H2,1-3H3,(H,13,14). The Labute approximate surface area is 86.9 Å². The number of aliphatic carboxylic acids is 1. The molecule has 0 aliphatic heterocycles. The van der Waals surface area contributed by atoms with E-state index in [4.69, 9.17) is 5.11 Å². The Bertz CT molecular complexity index is 171. The second-order valence-corrected chi connectivity index (χ2v) is 4.19. The number of hydrogen-bond donors (Lipinski definition) is 2. The highest BCUT2D eigenvalue weighted by molar-refractivity contribution is 5.68. The van der Waals surface area contributed by atoms with Gasteiger partial charge in [0.15, 0.2) is 0 Å². The first-order valence-electron chi connectivity index (χ1n) is 5.45. The summed E-state index contributed by atoms with van der Waals surface area (Å²) >= 11 is 0. The molecule has 0 saturated carbocycles. The van der Waals surface area contributed by atoms with Gasteiger partial charge in [0, 0.05) is 5.54 Å². The number of carboxylic acids is 1. The molecule has 3 nitrogen and oxygen atoms in total. The van der Waals surface area contributed by atoms with Crippen LogP contribution in [0.25, 0.3) is 0 Å². The zero-order valence-electron chi connectivity index (χ0n) is 9.60. The van der Waals surface area contributed by atoms with Crippen molar-refractivity contribution in [1.82, 2.24) is 5.32 Å². The molecule has 0 aliphatic rings. The summed E-state index contributed by atoms with van der Waals surface area (Å²) in [6.45, 7) is 4.15. The molecule has 0 fully saturated rings. The van der Waals surface area contributed by atoms with E-state index in [9.17, 15) is 4.79 Å². The third kappa shape index (κ3) is 5.97. The van der Waals surface area contributed by atoms with E-state index in [1.165, 1.54) is 19.3 Å². The minimum Gasteiger partial charge on any atom is -0.481 e. The van der Waals surface area contributed by atoms with Crippen LogP contribution in [0.4, 0.5) is 0 Å². The van der Waals surface area contributed by atoms with E-state index in [1.807, 2.05) is 14.0 Å². The summed E-state index contributed by atoms with van der Waals surface area (Å²) in [7, 11) is 1.84. The monoisotopic (exact) mass is 201 g/mol. The average molecular weight is 201 g/mol. The van der Waals surface area contributed by atoms with Crippen molar-refractivity contribution < 1.29 is 9.90 Å². The third-order valence-corrected chi connectivity index (χ3v) is 2.73. The van der Waals surface area contributed by atoms with E-state index in [-0.39, 0.29) is 12.0 Å². The maximum absolute atomic E-state index is 10.6. The van der Waals surface area contributed by atoms with Gasteiger partial charge in [0.05, 0.1) is 6.42 Å². The van der Waals surface area contributed by atoms with Crippen LogP contribution in [0.15, 0.2) is 0 Å². The second-order valence-electron chi connectivity index (χ2n) is 4.19. The van der Waals surface area contributed by atoms with Crippen LogP contribution in [0, 0.1) is 0 Å². The smallest absolute Gasteiger partial charge is 0.305 e. The van der Waals surface area contributed by atoms with Crippen LogP contribution in [-0.2, 0) is 4.79 Å². The number of hydrogen-bond acceptors (Lipinski definition) is 2. The molecule has 0 rings (SSSR count). The number of unbranched alkanes of at least 4 members (excludes halogenated alkanes) is 3. The van der Waals surface area contributed by atoms with Gasteiger partial charge in [-0.15, -0.1) is 0 Å². The fourth-order valence-electron chi connectivity index (χ4n) is 1.58. The molecule has 84 valence electrons. The number of carboxylic acid groups (broad SMARTS) is 1. The molecule has 0 aromatic carbocycles. The van der Waals surface area contributed by atoms with E-state index < -0.39 is 5.97 Å². The van der Waals surface area contributed by atoms with Crippen LogP contribution in [0.5, 0.6) is 0 Å². The van der Waals surface area contributed by atoms with Gasteiger partial charge in [-0.3, -0.25) is 4.79 Å². The molecule has 0 amide bonds. The number of nitrogens with one attached hydrogen (secondary N) is 1. The summed E-state index contributed by atoms with van der Waals surface area (Å²) in [6.07, 6.45) is 5.92. The quantitative estimate of drug-likeness (QED) is 0.593. The Hall–Kier alpha value is -0.570. The molecule has 0 aromatic heterocycles. The van der Waals surface area contributed by atoms with Crippen molar-refractivity contribution in [1.29, 1.82) is 0 Å². The van der Waals surface area contributed by atoms with Crippen LogP contribution < -0.4 is 5.32 Å². The van der Waals surface area contributed by atoms with Crippen LogP contribution in [0.2, 0.25) is 0 Å². The van der Waals surface area contributed by atoms with E-state index in [0.717, 1.165) is 12.8 Å². The Morgan fingerprint density at radius 2 is 2.00 bits per heavy atom. The normalized spacial score (nSPS) is 15.1. The molecule has 0 aromatic rings. The zero-order chi connectivity index (χ0) is 11.0. The highest BCUT2D eigenvalue weighted by Crippen LogP contribution is 2.18. The zero-order valence-corrected chi connectivity index (χ0v) is 9.60. The molecular formula is C11H23NO2. The van der Waals surface area contributed by atoms with E-state index in [0.29, 0.717) is 0 Å². The van der Waals surface area contributed by atoms with Gasteiger partial charge in [-0.1, -0.05) is 32.6 Å². The maximum Gasteiger partial charge on any atom is 0.305 e. The molecular weight excluding hydrogens is 178 g/mol. The van der Waals surface area contributed by atoms with Gasteiger partial charge in [0.25, 0.3) is 0 Å². The predicted molar refractivity (Wildman–Crippen MR) is 58.5 cm³/mol. The molecule has 0 saturated heterocycles. The summed E-state index contributed by atoms with van der Waals surface area (Å²) in [5, 5.41) is 11.8. The molecule has 0 heterocycles. The third-order valence-electron chi connectivity index (χ3n) is 2.73. The second kappa shape index (κ2) is 6.82. The Morgan fingerprint density at radius 1 is 1.36 bits per heavy atom. The summed E-state index contributed by atoms with van der Waals surface area (Å²) in [5.74, 6) is -0.725. The molecule has 0 aliphatic carbocycles. The minimum atomic E-state index is -0.725. The van der Waals surface area contributed by atoms with Gasteiger partial charge in [-0.05, 0) is 20.4 Å². The lowest BCUT2D eigenvalue weighted by atomic mass is 9.91. The maximum atomic E-state index is 10.6. The van der Waals surface area contributed by atoms with Gasteiger partial charge >= 0.3 is 5.97 Å². The van der Waals surface area contributed by atoms with Gasteiger partial charge in [0.2, 0.25) is 0 Å². The Balaban J connectivity index is 3.80. The van der Waals surface area contributed by atoms with Gasteiger partial charge in [-0.25, -0.2) is 0 Å². The topological polar surface area (TPSA) is 49.3 Å². The predicted octanol–water partition coefficient (Wildman–Crippen LogP) is 2.41. The van der Waals surface area contributed by atoms with E-state index in [1.54, 1.807) is 0 Å². The lowest BCUT2D eigenvalue weighted by Crippen LogP contribution is -2.41. The van der Waals surface area contributed by atoms with Gasteiger partial charge < -0.3 is 10.4 Å². The molecule has 2 N–H and O–H groups in total. The summed E-state index contributed by atoms with van der Waals surface area (Å²) in [6, 6.07) is 0. The lowest BCUT2D eigenvalue weighted by Gasteiger charge is -2.27. The molecule has 14 heavy (non-hydrogen) atoms. The first-order chi connectivity index (χ1) is 6.54. The molecule has 3 heteroatoms. The van der Waals surface area contributed by atoms with Gasteiger partial charge in [0.1, 0.15) is 0 Å². The molecule has 1 atom stereocenters. The van der Waals surface area contributed by atoms with Crippen molar-refractivity contribution in [2.24, 2.45) is 0 Å². The van der Waals surface area contributed by atoms with E-state index >= 15 is 0 Å². The molecule has 0 radical (unpaired) electrons. The fraction of sp³-hybridized carbons (Fsp3) is 0.909. The summed E-state index contributed by atoms with van der Waals surface area (Å²) in [4.78, 5) is 10.6. The SMILES string of the molecule is CCCCCCC(C)(CC(=O)O)NC. The number of carbonyl (C=O) groups is 1. The largest absolute Gasteiger partial charge is 0.481 e. The fourth-order valence-corrected chi connectivity index (χ4v) is 1.58. The summed E-state index contributed by atoms with van der Waals surface area (Å²) < 4.78 is 0. The van der Waals surface area contributed by atoms with Crippen molar-refractivity contribution in [3.63, 3.8) is 0 Å². The van der Waals surface area contributed by atoms with Crippen LogP contribution in [0.3, 0.4) is 0 Å². The van der Waals surface area contributed by atoms with Crippen molar-refractivity contribution in [2.75, 3.05) is 7.05 Å². The van der Waals surface area contributed by atoms with E-state index in [2.05, 4.69) is 12.2 Å². The van der Waals surface area contributed by atoms with Crippen molar-refractivity contribution in [3.8, 4) is 0 Å². The minimum absolute atomic E-state index is 0.204. The molecule has 0 spiro atoms. The van der Waals surface area contributed by atoms with Crippen LogP contribution in [-0.4, -0.2) is 23.7 Å². The number of rotatable bonds is 8. The Morgan fingerprint density at radius 3 is 2.43 bits per heavy atom. The summed E-state index contributed by atoms with van der Waals surface area (Å²) in [5.41, 5.74) is -0.237. The Kier molecular flexibility index (Phi) is 6.54. The molecule has 0 bridgehead atoms. The lowest BCUT2D eigenvalue weighted by molar-refractivity contribution is -0.138. The van der Waals surface area contributed by atoms with Crippen molar-refractivity contribution >= 4 is 5.97 Å². The van der Waals surface area contributed by atoms with Crippen molar-refractivity contribution in [3.05, 3.63) is 0 Å².